The predicted molar refractivity (Wildman–Crippen MR) is 119 cm³/mol. The molecule has 0 radical (unpaired) electrons. The minimum Gasteiger partial charge on any atom is -0.317 e. The van der Waals surface area contributed by atoms with Crippen LogP contribution >= 0.6 is 23.4 Å². The van der Waals surface area contributed by atoms with Crippen molar-refractivity contribution in [3.63, 3.8) is 0 Å². The van der Waals surface area contributed by atoms with Crippen molar-refractivity contribution in [3.05, 3.63) is 70.2 Å². The van der Waals surface area contributed by atoms with Crippen LogP contribution in [0.1, 0.15) is 49.3 Å². The zero-order valence-corrected chi connectivity index (χ0v) is 18.2. The summed E-state index contributed by atoms with van der Waals surface area (Å²) in [5.41, 5.74) is 3.81. The summed E-state index contributed by atoms with van der Waals surface area (Å²) in [6.07, 6.45) is 3.18. The van der Waals surface area contributed by atoms with Crippen LogP contribution in [0.15, 0.2) is 48.5 Å². The lowest BCUT2D eigenvalue weighted by molar-refractivity contribution is -0.125. The molecule has 0 amide bonds. The molecule has 2 aliphatic rings. The van der Waals surface area contributed by atoms with E-state index in [-0.39, 0.29) is 11.3 Å². The fraction of sp³-hybridized carbons (Fsp3) is 0.458. The SMILES string of the molecule is CC(C)(SCc1ccccc1Cl)C(=O)[C@H]1c2ccccc2CC12CCNCC2. The van der Waals surface area contributed by atoms with E-state index in [1.807, 2.05) is 18.2 Å². The van der Waals surface area contributed by atoms with Gasteiger partial charge in [-0.05, 0) is 74.4 Å². The van der Waals surface area contributed by atoms with Crippen LogP contribution in [0, 0.1) is 5.41 Å². The number of thioether (sulfide) groups is 1. The van der Waals surface area contributed by atoms with E-state index in [1.54, 1.807) is 11.8 Å². The molecule has 148 valence electrons. The summed E-state index contributed by atoms with van der Waals surface area (Å²) in [5.74, 6) is 1.12. The average Bonchev–Trinajstić information content (AvgIpc) is 3.00. The second kappa shape index (κ2) is 7.85. The van der Waals surface area contributed by atoms with Crippen LogP contribution in [0.25, 0.3) is 0 Å². The number of rotatable bonds is 5. The maximum absolute atomic E-state index is 13.9. The molecule has 1 N–H and O–H groups in total. The van der Waals surface area contributed by atoms with Crippen molar-refractivity contribution in [2.75, 3.05) is 13.1 Å². The highest BCUT2D eigenvalue weighted by molar-refractivity contribution is 8.00. The zero-order chi connectivity index (χ0) is 19.8. The second-order valence-electron chi connectivity index (χ2n) is 8.68. The number of halogens is 1. The first kappa shape index (κ1) is 20.0. The first-order valence-electron chi connectivity index (χ1n) is 10.1. The Balaban J connectivity index is 1.61. The molecule has 0 unspecified atom stereocenters. The van der Waals surface area contributed by atoms with Gasteiger partial charge >= 0.3 is 0 Å². The third kappa shape index (κ3) is 3.65. The Morgan fingerprint density at radius 1 is 1.14 bits per heavy atom. The Bertz CT molecular complexity index is 872. The van der Waals surface area contributed by atoms with Gasteiger partial charge in [0.2, 0.25) is 0 Å². The molecule has 1 heterocycles. The molecule has 1 atom stereocenters. The van der Waals surface area contributed by atoms with Gasteiger partial charge in [-0.3, -0.25) is 4.79 Å². The first-order valence-corrected chi connectivity index (χ1v) is 11.5. The van der Waals surface area contributed by atoms with Crippen LogP contribution in [0.3, 0.4) is 0 Å². The first-order chi connectivity index (χ1) is 13.4. The Labute approximate surface area is 177 Å². The molecule has 1 aliphatic heterocycles. The maximum Gasteiger partial charge on any atom is 0.156 e. The molecule has 1 aliphatic carbocycles. The van der Waals surface area contributed by atoms with Crippen LogP contribution in [0.2, 0.25) is 5.02 Å². The van der Waals surface area contributed by atoms with Gasteiger partial charge < -0.3 is 5.32 Å². The predicted octanol–water partition coefficient (Wildman–Crippen LogP) is 5.63. The molecule has 1 saturated heterocycles. The summed E-state index contributed by atoms with van der Waals surface area (Å²) in [6, 6.07) is 16.5. The Hall–Kier alpha value is -1.29. The molecule has 1 fully saturated rings. The van der Waals surface area contributed by atoms with Crippen molar-refractivity contribution in [1.29, 1.82) is 0 Å². The van der Waals surface area contributed by atoms with Crippen molar-refractivity contribution in [1.82, 2.24) is 5.32 Å². The van der Waals surface area contributed by atoms with E-state index in [2.05, 4.69) is 49.5 Å². The van der Waals surface area contributed by atoms with Crippen molar-refractivity contribution in [2.24, 2.45) is 5.41 Å². The molecule has 0 aromatic heterocycles. The van der Waals surface area contributed by atoms with Gasteiger partial charge in [-0.2, -0.15) is 0 Å². The molecule has 2 aromatic carbocycles. The molecule has 4 rings (SSSR count). The molecular weight excluding hydrogens is 386 g/mol. The van der Waals surface area contributed by atoms with Gasteiger partial charge in [0, 0.05) is 10.8 Å². The standard InChI is InChI=1S/C24H28ClNOS/c1-23(2,28-16-18-8-4-6-10-20(18)25)22(27)21-19-9-5-3-7-17(19)15-24(21)11-13-26-14-12-24/h3-10,21,26H,11-16H2,1-2H3/t21-/m1/s1. The highest BCUT2D eigenvalue weighted by atomic mass is 35.5. The Morgan fingerprint density at radius 2 is 1.82 bits per heavy atom. The Morgan fingerprint density at radius 3 is 2.57 bits per heavy atom. The van der Waals surface area contributed by atoms with Gasteiger partial charge in [-0.25, -0.2) is 0 Å². The van der Waals surface area contributed by atoms with E-state index in [4.69, 9.17) is 11.6 Å². The van der Waals surface area contributed by atoms with E-state index in [0.717, 1.165) is 48.7 Å². The third-order valence-electron chi connectivity index (χ3n) is 6.52. The summed E-state index contributed by atoms with van der Waals surface area (Å²) in [7, 11) is 0. The fourth-order valence-electron chi connectivity index (χ4n) is 4.89. The van der Waals surface area contributed by atoms with Crippen LogP contribution in [0.4, 0.5) is 0 Å². The molecule has 2 aromatic rings. The monoisotopic (exact) mass is 413 g/mol. The summed E-state index contributed by atoms with van der Waals surface area (Å²) < 4.78 is -0.459. The number of hydrogen-bond acceptors (Lipinski definition) is 3. The average molecular weight is 414 g/mol. The van der Waals surface area contributed by atoms with Gasteiger partial charge in [-0.15, -0.1) is 11.8 Å². The number of fused-ring (bicyclic) bond motifs is 1. The zero-order valence-electron chi connectivity index (χ0n) is 16.6. The van der Waals surface area contributed by atoms with Gasteiger partial charge in [-0.1, -0.05) is 54.1 Å². The summed E-state index contributed by atoms with van der Waals surface area (Å²) in [6.45, 7) is 6.19. The van der Waals surface area contributed by atoms with Crippen LogP contribution in [-0.4, -0.2) is 23.6 Å². The number of carbonyl (C=O) groups excluding carboxylic acids is 1. The number of carbonyl (C=O) groups is 1. The molecule has 0 bridgehead atoms. The normalized spacial score (nSPS) is 20.9. The van der Waals surface area contributed by atoms with E-state index in [0.29, 0.717) is 5.78 Å². The smallest absolute Gasteiger partial charge is 0.156 e. The maximum atomic E-state index is 13.9. The van der Waals surface area contributed by atoms with E-state index in [9.17, 15) is 4.79 Å². The number of ketones is 1. The molecule has 1 spiro atoms. The third-order valence-corrected chi connectivity index (χ3v) is 8.27. The summed E-state index contributed by atoms with van der Waals surface area (Å²) in [4.78, 5) is 13.9. The van der Waals surface area contributed by atoms with Crippen molar-refractivity contribution >= 4 is 29.1 Å². The van der Waals surface area contributed by atoms with Crippen LogP contribution < -0.4 is 5.32 Å². The molecule has 28 heavy (non-hydrogen) atoms. The number of hydrogen-bond donors (Lipinski definition) is 1. The van der Waals surface area contributed by atoms with Gasteiger partial charge in [0.05, 0.1) is 10.7 Å². The minimum atomic E-state index is -0.459. The fourth-order valence-corrected chi connectivity index (χ4v) is 6.20. The van der Waals surface area contributed by atoms with E-state index >= 15 is 0 Å². The number of nitrogens with one attached hydrogen (secondary N) is 1. The van der Waals surface area contributed by atoms with Gasteiger partial charge in [0.15, 0.2) is 5.78 Å². The van der Waals surface area contributed by atoms with Crippen molar-refractivity contribution in [3.8, 4) is 0 Å². The summed E-state index contributed by atoms with van der Waals surface area (Å²) >= 11 is 8.05. The van der Waals surface area contributed by atoms with Crippen molar-refractivity contribution in [2.45, 2.75) is 49.5 Å². The largest absolute Gasteiger partial charge is 0.317 e. The highest BCUT2D eigenvalue weighted by Crippen LogP contribution is 2.55. The van der Waals surface area contributed by atoms with Crippen molar-refractivity contribution < 1.29 is 4.79 Å². The number of Topliss-reactive ketones (excluding diaryl/α,β-unsaturated/α-hetero) is 1. The lowest BCUT2D eigenvalue weighted by Crippen LogP contribution is -2.45. The van der Waals surface area contributed by atoms with Gasteiger partial charge in [0.25, 0.3) is 0 Å². The lowest BCUT2D eigenvalue weighted by atomic mass is 9.66. The molecule has 0 saturated carbocycles. The van der Waals surface area contributed by atoms with E-state index in [1.165, 1.54) is 11.1 Å². The topological polar surface area (TPSA) is 29.1 Å². The number of benzene rings is 2. The van der Waals surface area contributed by atoms with Crippen LogP contribution in [0.5, 0.6) is 0 Å². The van der Waals surface area contributed by atoms with E-state index < -0.39 is 4.75 Å². The number of piperidine rings is 1. The highest BCUT2D eigenvalue weighted by Gasteiger charge is 2.52. The molecule has 2 nitrogen and oxygen atoms in total. The van der Waals surface area contributed by atoms with Gasteiger partial charge in [0.1, 0.15) is 0 Å². The second-order valence-corrected chi connectivity index (χ2v) is 10.7. The van der Waals surface area contributed by atoms with Crippen LogP contribution in [-0.2, 0) is 17.0 Å². The lowest BCUT2D eigenvalue weighted by Gasteiger charge is -2.41. The summed E-state index contributed by atoms with van der Waals surface area (Å²) in [5, 5.41) is 4.26. The molecule has 4 heteroatoms. The molecular formula is C24H28ClNOS. The quantitative estimate of drug-likeness (QED) is 0.688. The Kier molecular flexibility index (Phi) is 5.61. The minimum absolute atomic E-state index is 0.000421.